The molecule has 0 fully saturated rings. The molecule has 0 saturated heterocycles. The van der Waals surface area contributed by atoms with E-state index >= 15 is 0 Å². The van der Waals surface area contributed by atoms with Crippen LogP contribution in [0.1, 0.15) is 39.0 Å². The predicted octanol–water partition coefficient (Wildman–Crippen LogP) is 3.44. The van der Waals surface area contributed by atoms with Gasteiger partial charge in [-0.2, -0.15) is 0 Å². The summed E-state index contributed by atoms with van der Waals surface area (Å²) in [5, 5.41) is 13.1. The van der Waals surface area contributed by atoms with E-state index in [4.69, 9.17) is 4.74 Å². The molecule has 0 unspecified atom stereocenters. The minimum atomic E-state index is -0.260. The van der Waals surface area contributed by atoms with E-state index in [0.29, 0.717) is 6.54 Å². The van der Waals surface area contributed by atoms with Crippen molar-refractivity contribution >= 4 is 5.69 Å². The van der Waals surface area contributed by atoms with Crippen LogP contribution in [0.5, 0.6) is 5.75 Å². The van der Waals surface area contributed by atoms with Crippen molar-refractivity contribution in [1.29, 1.82) is 0 Å². The maximum absolute atomic E-state index is 9.82. The Morgan fingerprint density at radius 3 is 2.50 bits per heavy atom. The highest BCUT2D eigenvalue weighted by Crippen LogP contribution is 2.15. The van der Waals surface area contributed by atoms with Gasteiger partial charge < -0.3 is 15.2 Å². The zero-order chi connectivity index (χ0) is 13.2. The molecule has 1 aromatic rings. The Kier molecular flexibility index (Phi) is 7.26. The number of hydrogen-bond donors (Lipinski definition) is 2. The van der Waals surface area contributed by atoms with Gasteiger partial charge in [0.1, 0.15) is 5.75 Å². The SMILES string of the molecule is CCCCCC[C@@H](O)CNc1ccc(OC)cc1. The fourth-order valence-corrected chi connectivity index (χ4v) is 1.85. The van der Waals surface area contributed by atoms with Gasteiger partial charge >= 0.3 is 0 Å². The van der Waals surface area contributed by atoms with Crippen molar-refractivity contribution in [3.05, 3.63) is 24.3 Å². The van der Waals surface area contributed by atoms with Crippen molar-refractivity contribution in [2.24, 2.45) is 0 Å². The molecule has 102 valence electrons. The first-order valence-corrected chi connectivity index (χ1v) is 6.82. The molecule has 0 aliphatic heterocycles. The van der Waals surface area contributed by atoms with E-state index < -0.39 is 0 Å². The van der Waals surface area contributed by atoms with Crippen LogP contribution < -0.4 is 10.1 Å². The van der Waals surface area contributed by atoms with Crippen LogP contribution in [-0.4, -0.2) is 24.9 Å². The molecule has 0 radical (unpaired) electrons. The highest BCUT2D eigenvalue weighted by molar-refractivity contribution is 5.46. The molecule has 0 aliphatic carbocycles. The number of ether oxygens (including phenoxy) is 1. The molecule has 3 heteroatoms. The number of benzene rings is 1. The molecule has 1 rings (SSSR count). The van der Waals surface area contributed by atoms with Gasteiger partial charge in [-0.25, -0.2) is 0 Å². The van der Waals surface area contributed by atoms with Gasteiger partial charge in [0.2, 0.25) is 0 Å². The topological polar surface area (TPSA) is 41.5 Å². The van der Waals surface area contributed by atoms with Gasteiger partial charge in [-0.3, -0.25) is 0 Å². The number of hydrogen-bond acceptors (Lipinski definition) is 3. The van der Waals surface area contributed by atoms with Crippen molar-refractivity contribution in [2.45, 2.75) is 45.1 Å². The standard InChI is InChI=1S/C15H25NO2/c1-3-4-5-6-7-14(17)12-16-13-8-10-15(18-2)11-9-13/h8-11,14,16-17H,3-7,12H2,1-2H3/t14-/m1/s1. The van der Waals surface area contributed by atoms with Crippen molar-refractivity contribution in [2.75, 3.05) is 19.0 Å². The van der Waals surface area contributed by atoms with E-state index in [1.807, 2.05) is 24.3 Å². The third-order valence-electron chi connectivity index (χ3n) is 3.02. The maximum atomic E-state index is 9.82. The lowest BCUT2D eigenvalue weighted by molar-refractivity contribution is 0.173. The van der Waals surface area contributed by atoms with Crippen LogP contribution in [0.4, 0.5) is 5.69 Å². The van der Waals surface area contributed by atoms with Crippen LogP contribution in [0, 0.1) is 0 Å². The first-order valence-electron chi connectivity index (χ1n) is 6.82. The van der Waals surface area contributed by atoms with Crippen molar-refractivity contribution in [3.63, 3.8) is 0 Å². The quantitative estimate of drug-likeness (QED) is 0.661. The summed E-state index contributed by atoms with van der Waals surface area (Å²) in [5.74, 6) is 0.848. The van der Waals surface area contributed by atoms with Gasteiger partial charge in [0.05, 0.1) is 13.2 Å². The largest absolute Gasteiger partial charge is 0.497 e. The Labute approximate surface area is 110 Å². The first kappa shape index (κ1) is 14.8. The molecule has 0 spiro atoms. The van der Waals surface area contributed by atoms with Crippen molar-refractivity contribution < 1.29 is 9.84 Å². The second-order valence-corrected chi connectivity index (χ2v) is 4.61. The van der Waals surface area contributed by atoms with Gasteiger partial charge in [-0.1, -0.05) is 32.6 Å². The molecule has 0 heterocycles. The Bertz CT molecular complexity index is 311. The van der Waals surface area contributed by atoms with E-state index in [2.05, 4.69) is 12.2 Å². The summed E-state index contributed by atoms with van der Waals surface area (Å²) in [4.78, 5) is 0. The van der Waals surface area contributed by atoms with Gasteiger partial charge in [-0.05, 0) is 30.7 Å². The summed E-state index contributed by atoms with van der Waals surface area (Å²) < 4.78 is 5.09. The highest BCUT2D eigenvalue weighted by Gasteiger charge is 2.03. The van der Waals surface area contributed by atoms with E-state index in [-0.39, 0.29) is 6.10 Å². The summed E-state index contributed by atoms with van der Waals surface area (Å²) in [5.41, 5.74) is 1.02. The van der Waals surface area contributed by atoms with Gasteiger partial charge in [-0.15, -0.1) is 0 Å². The van der Waals surface area contributed by atoms with Gasteiger partial charge in [0.15, 0.2) is 0 Å². The Morgan fingerprint density at radius 2 is 1.89 bits per heavy atom. The number of unbranched alkanes of at least 4 members (excludes halogenated alkanes) is 3. The van der Waals surface area contributed by atoms with Crippen molar-refractivity contribution in [3.8, 4) is 5.75 Å². The molecule has 0 saturated carbocycles. The normalized spacial score (nSPS) is 12.2. The molecule has 2 N–H and O–H groups in total. The molecular formula is C15H25NO2. The molecule has 0 aliphatic rings. The second kappa shape index (κ2) is 8.81. The minimum Gasteiger partial charge on any atom is -0.497 e. The summed E-state index contributed by atoms with van der Waals surface area (Å²) in [7, 11) is 1.66. The van der Waals surface area contributed by atoms with Gasteiger partial charge in [0.25, 0.3) is 0 Å². The summed E-state index contributed by atoms with van der Waals surface area (Å²) >= 11 is 0. The van der Waals surface area contributed by atoms with E-state index in [0.717, 1.165) is 24.3 Å². The predicted molar refractivity (Wildman–Crippen MR) is 76.2 cm³/mol. The van der Waals surface area contributed by atoms with Crippen LogP contribution in [0.15, 0.2) is 24.3 Å². The van der Waals surface area contributed by atoms with Crippen LogP contribution in [0.3, 0.4) is 0 Å². The number of rotatable bonds is 9. The molecule has 0 bridgehead atoms. The third kappa shape index (κ3) is 5.92. The zero-order valence-corrected chi connectivity index (χ0v) is 11.5. The fraction of sp³-hybridized carbons (Fsp3) is 0.600. The monoisotopic (exact) mass is 251 g/mol. The number of methoxy groups -OCH3 is 1. The number of nitrogens with one attached hydrogen (secondary N) is 1. The molecule has 1 atom stereocenters. The molecule has 3 nitrogen and oxygen atoms in total. The Balaban J connectivity index is 2.18. The lowest BCUT2D eigenvalue weighted by Gasteiger charge is -2.13. The molecule has 1 aromatic carbocycles. The minimum absolute atomic E-state index is 0.260. The maximum Gasteiger partial charge on any atom is 0.119 e. The Hall–Kier alpha value is -1.22. The van der Waals surface area contributed by atoms with Crippen LogP contribution in [0.2, 0.25) is 0 Å². The van der Waals surface area contributed by atoms with Gasteiger partial charge in [0, 0.05) is 12.2 Å². The summed E-state index contributed by atoms with van der Waals surface area (Å²) in [6.45, 7) is 2.81. The van der Waals surface area contributed by atoms with Crippen molar-refractivity contribution in [1.82, 2.24) is 0 Å². The number of aliphatic hydroxyl groups is 1. The lowest BCUT2D eigenvalue weighted by atomic mass is 10.1. The lowest BCUT2D eigenvalue weighted by Crippen LogP contribution is -2.19. The second-order valence-electron chi connectivity index (χ2n) is 4.61. The highest BCUT2D eigenvalue weighted by atomic mass is 16.5. The summed E-state index contributed by atoms with van der Waals surface area (Å²) in [6.07, 6.45) is 5.45. The average molecular weight is 251 g/mol. The zero-order valence-electron chi connectivity index (χ0n) is 11.5. The number of aliphatic hydroxyl groups excluding tert-OH is 1. The molecule has 0 amide bonds. The van der Waals surface area contributed by atoms with E-state index in [1.165, 1.54) is 19.3 Å². The first-order chi connectivity index (χ1) is 8.76. The fourth-order valence-electron chi connectivity index (χ4n) is 1.85. The average Bonchev–Trinajstić information content (AvgIpc) is 2.42. The van der Waals surface area contributed by atoms with Crippen LogP contribution >= 0.6 is 0 Å². The molecular weight excluding hydrogens is 226 g/mol. The van der Waals surface area contributed by atoms with Crippen LogP contribution in [-0.2, 0) is 0 Å². The van der Waals surface area contributed by atoms with E-state index in [1.54, 1.807) is 7.11 Å². The smallest absolute Gasteiger partial charge is 0.119 e. The van der Waals surface area contributed by atoms with Crippen LogP contribution in [0.25, 0.3) is 0 Å². The summed E-state index contributed by atoms with van der Waals surface area (Å²) in [6, 6.07) is 7.75. The number of anilines is 1. The molecule has 18 heavy (non-hydrogen) atoms. The van der Waals surface area contributed by atoms with E-state index in [9.17, 15) is 5.11 Å². The Morgan fingerprint density at radius 1 is 1.17 bits per heavy atom. The third-order valence-corrected chi connectivity index (χ3v) is 3.02. The molecule has 0 aromatic heterocycles.